The SMILES string of the molecule is O=C(c1ccc(-c2ccccc2[N+](=O)[O-])o1)N1CCC[C@@H]2CCCC[C@@H]21. The zero-order valence-corrected chi connectivity index (χ0v) is 14.6. The van der Waals surface area contributed by atoms with Crippen LogP contribution >= 0.6 is 0 Å². The molecule has 1 aromatic heterocycles. The van der Waals surface area contributed by atoms with Crippen LogP contribution in [-0.2, 0) is 0 Å². The summed E-state index contributed by atoms with van der Waals surface area (Å²) in [5, 5.41) is 11.2. The fourth-order valence-electron chi connectivity index (χ4n) is 4.46. The molecule has 26 heavy (non-hydrogen) atoms. The van der Waals surface area contributed by atoms with Crippen molar-refractivity contribution in [3.8, 4) is 11.3 Å². The lowest BCUT2D eigenvalue weighted by molar-refractivity contribution is -0.384. The van der Waals surface area contributed by atoms with Crippen LogP contribution in [0.1, 0.15) is 49.1 Å². The molecule has 1 aliphatic heterocycles. The Bertz CT molecular complexity index is 827. The van der Waals surface area contributed by atoms with Gasteiger partial charge in [0.2, 0.25) is 0 Å². The molecule has 2 atom stereocenters. The number of nitro benzene ring substituents is 1. The van der Waals surface area contributed by atoms with Gasteiger partial charge in [-0.3, -0.25) is 14.9 Å². The maximum Gasteiger partial charge on any atom is 0.289 e. The standard InChI is InChI=1S/C20H22N2O4/c23-20(21-13-5-7-14-6-1-3-9-16(14)21)19-12-11-18(26-19)15-8-2-4-10-17(15)22(24)25/h2,4,8,10-12,14,16H,1,3,5-7,9,13H2/t14-,16-/m0/s1. The number of fused-ring (bicyclic) bond motifs is 1. The average Bonchev–Trinajstić information content (AvgIpc) is 3.17. The molecule has 2 fully saturated rings. The van der Waals surface area contributed by atoms with Crippen LogP contribution in [-0.4, -0.2) is 28.3 Å². The molecule has 2 aliphatic rings. The number of benzene rings is 1. The molecule has 6 nitrogen and oxygen atoms in total. The number of hydrogen-bond acceptors (Lipinski definition) is 4. The summed E-state index contributed by atoms with van der Waals surface area (Å²) >= 11 is 0. The first kappa shape index (κ1) is 16.8. The van der Waals surface area contributed by atoms with E-state index < -0.39 is 4.92 Å². The Morgan fingerprint density at radius 2 is 1.85 bits per heavy atom. The van der Waals surface area contributed by atoms with Crippen LogP contribution in [0, 0.1) is 16.0 Å². The smallest absolute Gasteiger partial charge is 0.289 e. The van der Waals surface area contributed by atoms with E-state index in [1.54, 1.807) is 30.3 Å². The van der Waals surface area contributed by atoms with E-state index in [1.165, 1.54) is 31.7 Å². The van der Waals surface area contributed by atoms with E-state index in [2.05, 4.69) is 0 Å². The molecular formula is C20H22N2O4. The molecule has 136 valence electrons. The summed E-state index contributed by atoms with van der Waals surface area (Å²) in [4.78, 5) is 25.8. The largest absolute Gasteiger partial charge is 0.451 e. The van der Waals surface area contributed by atoms with Crippen molar-refractivity contribution in [1.29, 1.82) is 0 Å². The molecule has 1 amide bonds. The molecule has 2 heterocycles. The monoisotopic (exact) mass is 354 g/mol. The van der Waals surface area contributed by atoms with Gasteiger partial charge < -0.3 is 9.32 Å². The number of furan rings is 1. The molecule has 1 saturated carbocycles. The molecule has 0 spiro atoms. The highest BCUT2D eigenvalue weighted by Gasteiger charge is 2.37. The van der Waals surface area contributed by atoms with Gasteiger partial charge in [-0.25, -0.2) is 0 Å². The predicted molar refractivity (Wildman–Crippen MR) is 96.8 cm³/mol. The van der Waals surface area contributed by atoms with Crippen LogP contribution < -0.4 is 0 Å². The first-order valence-corrected chi connectivity index (χ1v) is 9.30. The van der Waals surface area contributed by atoms with E-state index in [0.29, 0.717) is 23.3 Å². The van der Waals surface area contributed by atoms with Gasteiger partial charge in [0.15, 0.2) is 5.76 Å². The number of para-hydroxylation sites is 1. The summed E-state index contributed by atoms with van der Waals surface area (Å²) < 4.78 is 5.76. The molecule has 0 N–H and O–H groups in total. The lowest BCUT2D eigenvalue weighted by atomic mass is 9.78. The number of rotatable bonds is 3. The van der Waals surface area contributed by atoms with Crippen LogP contribution in [0.2, 0.25) is 0 Å². The van der Waals surface area contributed by atoms with E-state index in [1.807, 2.05) is 4.90 Å². The number of carbonyl (C=O) groups is 1. The molecule has 1 aliphatic carbocycles. The Hall–Kier alpha value is -2.63. The van der Waals surface area contributed by atoms with E-state index in [4.69, 9.17) is 4.42 Å². The van der Waals surface area contributed by atoms with Crippen molar-refractivity contribution in [2.24, 2.45) is 5.92 Å². The molecule has 0 radical (unpaired) electrons. The van der Waals surface area contributed by atoms with Gasteiger partial charge in [0, 0.05) is 18.7 Å². The normalized spacial score (nSPS) is 22.7. The van der Waals surface area contributed by atoms with Crippen LogP contribution in [0.3, 0.4) is 0 Å². The van der Waals surface area contributed by atoms with Gasteiger partial charge in [0.25, 0.3) is 11.6 Å². The summed E-state index contributed by atoms with van der Waals surface area (Å²) in [7, 11) is 0. The van der Waals surface area contributed by atoms with Crippen molar-refractivity contribution < 1.29 is 14.1 Å². The molecule has 1 aromatic carbocycles. The minimum Gasteiger partial charge on any atom is -0.451 e. The topological polar surface area (TPSA) is 76.6 Å². The summed E-state index contributed by atoms with van der Waals surface area (Å²) in [6, 6.07) is 10.0. The highest BCUT2D eigenvalue weighted by atomic mass is 16.6. The molecule has 6 heteroatoms. The molecule has 0 unspecified atom stereocenters. The zero-order chi connectivity index (χ0) is 18.1. The van der Waals surface area contributed by atoms with Gasteiger partial charge in [-0.1, -0.05) is 25.0 Å². The summed E-state index contributed by atoms with van der Waals surface area (Å²) in [5.41, 5.74) is 0.372. The Morgan fingerprint density at radius 1 is 1.08 bits per heavy atom. The van der Waals surface area contributed by atoms with Crippen molar-refractivity contribution in [3.05, 3.63) is 52.3 Å². The first-order chi connectivity index (χ1) is 12.6. The second kappa shape index (κ2) is 6.94. The number of nitrogens with zero attached hydrogens (tertiary/aromatic N) is 2. The molecule has 0 bridgehead atoms. The number of nitro groups is 1. The lowest BCUT2D eigenvalue weighted by Crippen LogP contribution is -2.49. The maximum atomic E-state index is 13.0. The molecule has 1 saturated heterocycles. The van der Waals surface area contributed by atoms with E-state index >= 15 is 0 Å². The third kappa shape index (κ3) is 3.00. The zero-order valence-electron chi connectivity index (χ0n) is 14.6. The van der Waals surface area contributed by atoms with E-state index in [9.17, 15) is 14.9 Å². The van der Waals surface area contributed by atoms with Gasteiger partial charge in [-0.2, -0.15) is 0 Å². The molecule has 4 rings (SSSR count). The van der Waals surface area contributed by atoms with Crippen molar-refractivity contribution >= 4 is 11.6 Å². The minimum absolute atomic E-state index is 0.0221. The van der Waals surface area contributed by atoms with Crippen LogP contribution in [0.25, 0.3) is 11.3 Å². The number of piperidine rings is 1. The number of carbonyl (C=O) groups excluding carboxylic acids is 1. The van der Waals surface area contributed by atoms with Crippen LogP contribution in [0.15, 0.2) is 40.8 Å². The third-order valence-corrected chi connectivity index (χ3v) is 5.69. The predicted octanol–water partition coefficient (Wildman–Crippen LogP) is 4.65. The van der Waals surface area contributed by atoms with Gasteiger partial charge in [-0.15, -0.1) is 0 Å². The summed E-state index contributed by atoms with van der Waals surface area (Å²) in [6.07, 6.45) is 6.93. The minimum atomic E-state index is -0.434. The molecule has 2 aromatic rings. The average molecular weight is 354 g/mol. The maximum absolute atomic E-state index is 13.0. The second-order valence-corrected chi connectivity index (χ2v) is 7.19. The Labute approximate surface area is 151 Å². The molecular weight excluding hydrogens is 332 g/mol. The van der Waals surface area contributed by atoms with Crippen LogP contribution in [0.4, 0.5) is 5.69 Å². The fraction of sp³-hybridized carbons (Fsp3) is 0.450. The van der Waals surface area contributed by atoms with E-state index in [-0.39, 0.29) is 17.4 Å². The Kier molecular flexibility index (Phi) is 4.49. The van der Waals surface area contributed by atoms with Gasteiger partial charge in [-0.05, 0) is 49.8 Å². The number of hydrogen-bond donors (Lipinski definition) is 0. The van der Waals surface area contributed by atoms with Crippen LogP contribution in [0.5, 0.6) is 0 Å². The van der Waals surface area contributed by atoms with Gasteiger partial charge in [0.05, 0.1) is 10.5 Å². The van der Waals surface area contributed by atoms with Crippen molar-refractivity contribution in [2.75, 3.05) is 6.54 Å². The number of likely N-dealkylation sites (tertiary alicyclic amines) is 1. The lowest BCUT2D eigenvalue weighted by Gasteiger charge is -2.43. The fourth-order valence-corrected chi connectivity index (χ4v) is 4.46. The second-order valence-electron chi connectivity index (χ2n) is 7.19. The quantitative estimate of drug-likeness (QED) is 0.594. The Morgan fingerprint density at radius 3 is 2.69 bits per heavy atom. The summed E-state index contributed by atoms with van der Waals surface area (Å²) in [5.74, 6) is 1.14. The van der Waals surface area contributed by atoms with Gasteiger partial charge in [0.1, 0.15) is 5.76 Å². The van der Waals surface area contributed by atoms with Crippen molar-refractivity contribution in [1.82, 2.24) is 4.90 Å². The Balaban J connectivity index is 1.60. The summed E-state index contributed by atoms with van der Waals surface area (Å²) in [6.45, 7) is 0.765. The third-order valence-electron chi connectivity index (χ3n) is 5.69. The van der Waals surface area contributed by atoms with Crippen molar-refractivity contribution in [2.45, 2.75) is 44.6 Å². The van der Waals surface area contributed by atoms with Crippen molar-refractivity contribution in [3.63, 3.8) is 0 Å². The van der Waals surface area contributed by atoms with E-state index in [0.717, 1.165) is 19.4 Å². The van der Waals surface area contributed by atoms with Gasteiger partial charge >= 0.3 is 0 Å². The highest BCUT2D eigenvalue weighted by molar-refractivity contribution is 5.92. The highest BCUT2D eigenvalue weighted by Crippen LogP contribution is 2.37. The first-order valence-electron chi connectivity index (χ1n) is 9.30. The number of amides is 1.